The molecule has 124 valence electrons. The van der Waals surface area contributed by atoms with E-state index in [0.29, 0.717) is 5.71 Å². The number of nitrogens with zero attached hydrogens (tertiary/aromatic N) is 3. The minimum Gasteiger partial charge on any atom is -0.271 e. The number of rotatable bonds is 5. The fourth-order valence-corrected chi connectivity index (χ4v) is 2.05. The van der Waals surface area contributed by atoms with Crippen LogP contribution in [0.25, 0.3) is 0 Å². The van der Waals surface area contributed by atoms with Gasteiger partial charge in [-0.1, -0.05) is 12.1 Å². The minimum absolute atomic E-state index is 0.0915. The Morgan fingerprint density at radius 3 is 2.29 bits per heavy atom. The molecule has 2 aromatic carbocycles. The van der Waals surface area contributed by atoms with Gasteiger partial charge in [0.25, 0.3) is 5.69 Å². The van der Waals surface area contributed by atoms with Crippen molar-refractivity contribution in [2.75, 3.05) is 5.43 Å². The molecule has 1 N–H and O–H groups in total. The number of nitro benzene ring substituents is 2. The summed E-state index contributed by atoms with van der Waals surface area (Å²) in [7, 11) is 0. The van der Waals surface area contributed by atoms with Crippen LogP contribution >= 0.6 is 0 Å². The molecule has 0 aliphatic heterocycles. The highest BCUT2D eigenvalue weighted by molar-refractivity contribution is 5.99. The Kier molecular flexibility index (Phi) is 4.88. The molecule has 0 aromatic heterocycles. The summed E-state index contributed by atoms with van der Waals surface area (Å²) in [6, 6.07) is 9.22. The van der Waals surface area contributed by atoms with E-state index in [1.54, 1.807) is 6.92 Å². The average molecular weight is 328 g/mol. The first-order valence-electron chi connectivity index (χ1n) is 7.10. The van der Waals surface area contributed by atoms with Crippen LogP contribution in [-0.4, -0.2) is 15.6 Å². The molecule has 0 amide bonds. The summed E-state index contributed by atoms with van der Waals surface area (Å²) in [5.41, 5.74) is 5.76. The van der Waals surface area contributed by atoms with Gasteiger partial charge in [-0.25, -0.2) is 0 Å². The fourth-order valence-electron chi connectivity index (χ4n) is 2.05. The number of hydrogen-bond acceptors (Lipinski definition) is 6. The molecule has 0 atom stereocenters. The smallest absolute Gasteiger partial charge is 0.271 e. The SMILES string of the molecule is C/C(=N\Nc1ccc([N+](=O)[O-])cc1[N+](=O)[O-])c1ccc(C)c(C)c1. The van der Waals surface area contributed by atoms with Crippen molar-refractivity contribution in [3.8, 4) is 0 Å². The van der Waals surface area contributed by atoms with Crippen LogP contribution in [0.15, 0.2) is 41.5 Å². The first-order chi connectivity index (χ1) is 11.3. The van der Waals surface area contributed by atoms with Crippen LogP contribution in [0.3, 0.4) is 0 Å². The van der Waals surface area contributed by atoms with Gasteiger partial charge in [0, 0.05) is 6.07 Å². The maximum Gasteiger partial charge on any atom is 0.301 e. The summed E-state index contributed by atoms with van der Waals surface area (Å²) in [6.07, 6.45) is 0. The molecule has 0 aliphatic rings. The molecule has 0 unspecified atom stereocenters. The van der Waals surface area contributed by atoms with Gasteiger partial charge in [-0.3, -0.25) is 25.7 Å². The number of hydrogen-bond donors (Lipinski definition) is 1. The van der Waals surface area contributed by atoms with Gasteiger partial charge < -0.3 is 0 Å². The Bertz CT molecular complexity index is 846. The third-order valence-electron chi connectivity index (χ3n) is 3.66. The first kappa shape index (κ1) is 17.1. The van der Waals surface area contributed by atoms with Gasteiger partial charge in [-0.15, -0.1) is 0 Å². The number of nitro groups is 2. The summed E-state index contributed by atoms with van der Waals surface area (Å²) < 4.78 is 0. The largest absolute Gasteiger partial charge is 0.301 e. The predicted molar refractivity (Wildman–Crippen MR) is 91.5 cm³/mol. The lowest BCUT2D eigenvalue weighted by Gasteiger charge is -2.06. The van der Waals surface area contributed by atoms with Crippen LogP contribution in [0.1, 0.15) is 23.6 Å². The predicted octanol–water partition coefficient (Wildman–Crippen LogP) is 3.96. The Balaban J connectivity index is 2.31. The molecule has 0 saturated carbocycles. The molecule has 8 heteroatoms. The summed E-state index contributed by atoms with van der Waals surface area (Å²) in [6.45, 7) is 5.76. The summed E-state index contributed by atoms with van der Waals surface area (Å²) >= 11 is 0. The fraction of sp³-hybridized carbons (Fsp3) is 0.188. The summed E-state index contributed by atoms with van der Waals surface area (Å²) in [4.78, 5) is 20.5. The van der Waals surface area contributed by atoms with E-state index in [2.05, 4.69) is 10.5 Å². The first-order valence-corrected chi connectivity index (χ1v) is 7.10. The Hall–Kier alpha value is -3.29. The lowest BCUT2D eigenvalue weighted by Crippen LogP contribution is -2.03. The van der Waals surface area contributed by atoms with E-state index in [1.807, 2.05) is 32.0 Å². The monoisotopic (exact) mass is 328 g/mol. The van der Waals surface area contributed by atoms with Gasteiger partial charge in [-0.2, -0.15) is 5.10 Å². The average Bonchev–Trinajstić information content (AvgIpc) is 2.54. The molecule has 0 fully saturated rings. The second kappa shape index (κ2) is 6.86. The van der Waals surface area contributed by atoms with Gasteiger partial charge in [0.05, 0.1) is 21.6 Å². The number of nitrogens with one attached hydrogen (secondary N) is 1. The van der Waals surface area contributed by atoms with Gasteiger partial charge in [0.15, 0.2) is 0 Å². The molecule has 0 radical (unpaired) electrons. The molecule has 2 aromatic rings. The maximum atomic E-state index is 11.1. The van der Waals surface area contributed by atoms with Crippen molar-refractivity contribution in [1.82, 2.24) is 0 Å². The van der Waals surface area contributed by atoms with Crippen molar-refractivity contribution in [3.05, 3.63) is 73.3 Å². The van der Waals surface area contributed by atoms with E-state index in [1.165, 1.54) is 12.1 Å². The normalized spacial score (nSPS) is 11.2. The van der Waals surface area contributed by atoms with E-state index in [0.717, 1.165) is 22.8 Å². The van der Waals surface area contributed by atoms with Crippen molar-refractivity contribution < 1.29 is 9.85 Å². The van der Waals surface area contributed by atoms with Crippen molar-refractivity contribution >= 4 is 22.8 Å². The third-order valence-corrected chi connectivity index (χ3v) is 3.66. The van der Waals surface area contributed by atoms with Crippen molar-refractivity contribution in [2.24, 2.45) is 5.10 Å². The number of non-ortho nitro benzene ring substituents is 1. The Morgan fingerprint density at radius 2 is 1.71 bits per heavy atom. The topological polar surface area (TPSA) is 111 Å². The van der Waals surface area contributed by atoms with Crippen molar-refractivity contribution in [2.45, 2.75) is 20.8 Å². The van der Waals surface area contributed by atoms with Gasteiger partial charge >= 0.3 is 5.69 Å². The van der Waals surface area contributed by atoms with E-state index in [9.17, 15) is 20.2 Å². The Morgan fingerprint density at radius 1 is 1.00 bits per heavy atom. The van der Waals surface area contributed by atoms with E-state index < -0.39 is 15.5 Å². The van der Waals surface area contributed by atoms with Crippen LogP contribution in [0.2, 0.25) is 0 Å². The highest BCUT2D eigenvalue weighted by atomic mass is 16.6. The highest BCUT2D eigenvalue weighted by Gasteiger charge is 2.19. The van der Waals surface area contributed by atoms with E-state index >= 15 is 0 Å². The highest BCUT2D eigenvalue weighted by Crippen LogP contribution is 2.29. The number of benzene rings is 2. The van der Waals surface area contributed by atoms with Crippen molar-refractivity contribution in [3.63, 3.8) is 0 Å². The van der Waals surface area contributed by atoms with Crippen molar-refractivity contribution in [1.29, 1.82) is 0 Å². The molecular weight excluding hydrogens is 312 g/mol. The van der Waals surface area contributed by atoms with Crippen LogP contribution in [0.4, 0.5) is 17.1 Å². The standard InChI is InChI=1S/C16H16N4O4/c1-10-4-5-13(8-11(10)2)12(3)17-18-15-7-6-14(19(21)22)9-16(15)20(23)24/h4-9,18H,1-3H3/b17-12+. The van der Waals surface area contributed by atoms with E-state index in [-0.39, 0.29) is 11.4 Å². The zero-order valence-corrected chi connectivity index (χ0v) is 13.4. The molecule has 24 heavy (non-hydrogen) atoms. The van der Waals surface area contributed by atoms with Gasteiger partial charge in [-0.05, 0) is 49.6 Å². The van der Waals surface area contributed by atoms with Crippen LogP contribution in [0.5, 0.6) is 0 Å². The molecular formula is C16H16N4O4. The second-order valence-corrected chi connectivity index (χ2v) is 5.32. The van der Waals surface area contributed by atoms with Gasteiger partial charge in [0.2, 0.25) is 0 Å². The second-order valence-electron chi connectivity index (χ2n) is 5.32. The minimum atomic E-state index is -0.684. The molecule has 0 aliphatic carbocycles. The summed E-state index contributed by atoms with van der Waals surface area (Å²) in [5, 5.41) is 26.0. The number of hydrazone groups is 1. The van der Waals surface area contributed by atoms with Crippen LogP contribution in [0, 0.1) is 34.1 Å². The molecule has 0 bridgehead atoms. The third kappa shape index (κ3) is 3.72. The lowest BCUT2D eigenvalue weighted by molar-refractivity contribution is -0.393. The lowest BCUT2D eigenvalue weighted by atomic mass is 10.0. The van der Waals surface area contributed by atoms with Crippen LogP contribution in [-0.2, 0) is 0 Å². The van der Waals surface area contributed by atoms with Crippen LogP contribution < -0.4 is 5.43 Å². The molecule has 2 rings (SSSR count). The van der Waals surface area contributed by atoms with Gasteiger partial charge in [0.1, 0.15) is 5.69 Å². The quantitative estimate of drug-likeness (QED) is 0.507. The zero-order chi connectivity index (χ0) is 17.9. The molecule has 0 saturated heterocycles. The molecule has 8 nitrogen and oxygen atoms in total. The summed E-state index contributed by atoms with van der Waals surface area (Å²) in [5.74, 6) is 0. The zero-order valence-electron chi connectivity index (χ0n) is 13.4. The number of aryl methyl sites for hydroxylation is 2. The molecule has 0 heterocycles. The van der Waals surface area contributed by atoms with E-state index in [4.69, 9.17) is 0 Å². The number of anilines is 1. The molecule has 0 spiro atoms. The maximum absolute atomic E-state index is 11.1. The Labute approximate surface area is 138 Å².